The van der Waals surface area contributed by atoms with Crippen LogP contribution in [0.4, 0.5) is 0 Å². The van der Waals surface area contributed by atoms with Crippen LogP contribution in [0.1, 0.15) is 40.5 Å². The Balaban J connectivity index is 2.60. The largest absolute Gasteiger partial charge is 0.307 e. The van der Waals surface area contributed by atoms with Crippen LogP contribution >= 0.6 is 0 Å². The summed E-state index contributed by atoms with van der Waals surface area (Å²) >= 11 is 0. The third-order valence-corrected chi connectivity index (χ3v) is 3.29. The SMILES string of the molecule is CC(C)C(=O)[C@@H]1CCN[C@H](C(=O)C(C)C)C1. The zero-order chi connectivity index (χ0) is 12.3. The molecule has 1 aliphatic heterocycles. The lowest BCUT2D eigenvalue weighted by molar-refractivity contribution is -0.129. The second kappa shape index (κ2) is 5.58. The predicted molar refractivity (Wildman–Crippen MR) is 64.2 cm³/mol. The Hall–Kier alpha value is -0.700. The van der Waals surface area contributed by atoms with Gasteiger partial charge in [0, 0.05) is 17.8 Å². The lowest BCUT2D eigenvalue weighted by Gasteiger charge is -2.30. The van der Waals surface area contributed by atoms with Gasteiger partial charge in [0.25, 0.3) is 0 Å². The molecule has 3 nitrogen and oxygen atoms in total. The number of nitrogens with one attached hydrogen (secondary N) is 1. The van der Waals surface area contributed by atoms with Crippen LogP contribution in [0.3, 0.4) is 0 Å². The highest BCUT2D eigenvalue weighted by Crippen LogP contribution is 2.22. The number of ketones is 2. The number of rotatable bonds is 4. The number of piperidine rings is 1. The van der Waals surface area contributed by atoms with E-state index in [4.69, 9.17) is 0 Å². The fourth-order valence-corrected chi connectivity index (χ4v) is 2.27. The quantitative estimate of drug-likeness (QED) is 0.793. The number of hydrogen-bond acceptors (Lipinski definition) is 3. The first kappa shape index (κ1) is 13.4. The van der Waals surface area contributed by atoms with Crippen molar-refractivity contribution < 1.29 is 9.59 Å². The molecule has 1 N–H and O–H groups in total. The van der Waals surface area contributed by atoms with E-state index in [0.29, 0.717) is 12.2 Å². The van der Waals surface area contributed by atoms with Crippen molar-refractivity contribution in [3.8, 4) is 0 Å². The Morgan fingerprint density at radius 1 is 1.06 bits per heavy atom. The van der Waals surface area contributed by atoms with E-state index in [2.05, 4.69) is 5.32 Å². The molecule has 16 heavy (non-hydrogen) atoms. The molecule has 2 atom stereocenters. The Bertz CT molecular complexity index is 245. The molecule has 1 heterocycles. The van der Waals surface area contributed by atoms with Crippen LogP contribution in [-0.4, -0.2) is 24.2 Å². The third-order valence-electron chi connectivity index (χ3n) is 3.29. The van der Waals surface area contributed by atoms with E-state index < -0.39 is 0 Å². The fourth-order valence-electron chi connectivity index (χ4n) is 2.27. The van der Waals surface area contributed by atoms with Gasteiger partial charge in [0.05, 0.1) is 6.04 Å². The van der Waals surface area contributed by atoms with Crippen LogP contribution in [-0.2, 0) is 9.59 Å². The first-order valence-electron chi connectivity index (χ1n) is 6.24. The molecule has 0 aliphatic carbocycles. The average molecular weight is 225 g/mol. The third kappa shape index (κ3) is 3.14. The maximum atomic E-state index is 11.9. The van der Waals surface area contributed by atoms with E-state index in [1.54, 1.807) is 0 Å². The summed E-state index contributed by atoms with van der Waals surface area (Å²) in [5.41, 5.74) is 0. The van der Waals surface area contributed by atoms with Gasteiger partial charge in [-0.05, 0) is 19.4 Å². The number of Topliss-reactive ketones (excluding diaryl/α,β-unsaturated/α-hetero) is 2. The molecule has 1 saturated heterocycles. The van der Waals surface area contributed by atoms with Crippen molar-refractivity contribution in [1.82, 2.24) is 5.32 Å². The molecule has 0 unspecified atom stereocenters. The monoisotopic (exact) mass is 225 g/mol. The smallest absolute Gasteiger partial charge is 0.152 e. The van der Waals surface area contributed by atoms with Crippen molar-refractivity contribution in [1.29, 1.82) is 0 Å². The van der Waals surface area contributed by atoms with Gasteiger partial charge in [-0.25, -0.2) is 0 Å². The van der Waals surface area contributed by atoms with E-state index in [1.807, 2.05) is 27.7 Å². The molecule has 92 valence electrons. The molecule has 0 aromatic carbocycles. The van der Waals surface area contributed by atoms with Crippen molar-refractivity contribution >= 4 is 11.6 Å². The van der Waals surface area contributed by atoms with Gasteiger partial charge >= 0.3 is 0 Å². The minimum Gasteiger partial charge on any atom is -0.307 e. The van der Waals surface area contributed by atoms with Crippen LogP contribution in [0, 0.1) is 17.8 Å². The Kier molecular flexibility index (Phi) is 4.66. The Morgan fingerprint density at radius 3 is 2.12 bits per heavy atom. The number of carbonyl (C=O) groups is 2. The molecule has 0 aromatic rings. The van der Waals surface area contributed by atoms with E-state index in [1.165, 1.54) is 0 Å². The van der Waals surface area contributed by atoms with Crippen molar-refractivity contribution in [3.05, 3.63) is 0 Å². The summed E-state index contributed by atoms with van der Waals surface area (Å²) in [5, 5.41) is 3.22. The van der Waals surface area contributed by atoms with Gasteiger partial charge in [0.15, 0.2) is 5.78 Å². The summed E-state index contributed by atoms with van der Waals surface area (Å²) in [5.74, 6) is 0.751. The predicted octanol–water partition coefficient (Wildman–Crippen LogP) is 1.80. The van der Waals surface area contributed by atoms with E-state index in [-0.39, 0.29) is 29.6 Å². The highest BCUT2D eigenvalue weighted by molar-refractivity contribution is 5.88. The van der Waals surface area contributed by atoms with Crippen LogP contribution < -0.4 is 5.32 Å². The topological polar surface area (TPSA) is 46.2 Å². The molecule has 3 heteroatoms. The zero-order valence-electron chi connectivity index (χ0n) is 10.7. The normalized spacial score (nSPS) is 26.1. The van der Waals surface area contributed by atoms with Gasteiger partial charge in [-0.1, -0.05) is 27.7 Å². The standard InChI is InChI=1S/C13H23NO2/c1-8(2)12(15)10-5-6-14-11(7-10)13(16)9(3)4/h8-11,14H,5-7H2,1-4H3/t10-,11+/m1/s1. The second-order valence-electron chi connectivity index (χ2n) is 5.34. The molecule has 0 radical (unpaired) electrons. The molecule has 0 bridgehead atoms. The van der Waals surface area contributed by atoms with E-state index >= 15 is 0 Å². The molecule has 1 rings (SSSR count). The van der Waals surface area contributed by atoms with Crippen molar-refractivity contribution in [2.24, 2.45) is 17.8 Å². The van der Waals surface area contributed by atoms with Gasteiger partial charge in [0.2, 0.25) is 0 Å². The molecule has 0 aromatic heterocycles. The summed E-state index contributed by atoms with van der Waals surface area (Å²) in [7, 11) is 0. The minimum absolute atomic E-state index is 0.0467. The molecular weight excluding hydrogens is 202 g/mol. The Labute approximate surface area is 98.0 Å². The van der Waals surface area contributed by atoms with Gasteiger partial charge in [-0.3, -0.25) is 9.59 Å². The molecule has 0 amide bonds. The molecular formula is C13H23NO2. The van der Waals surface area contributed by atoms with Gasteiger partial charge in [-0.2, -0.15) is 0 Å². The lowest BCUT2D eigenvalue weighted by atomic mass is 9.82. The van der Waals surface area contributed by atoms with Gasteiger partial charge < -0.3 is 5.32 Å². The fraction of sp³-hybridized carbons (Fsp3) is 0.846. The Morgan fingerprint density at radius 2 is 1.62 bits per heavy atom. The van der Waals surface area contributed by atoms with Crippen LogP contribution in [0.15, 0.2) is 0 Å². The summed E-state index contributed by atoms with van der Waals surface area (Å²) < 4.78 is 0. The van der Waals surface area contributed by atoms with Gasteiger partial charge in [-0.15, -0.1) is 0 Å². The van der Waals surface area contributed by atoms with E-state index in [0.717, 1.165) is 13.0 Å². The molecule has 0 spiro atoms. The maximum Gasteiger partial charge on any atom is 0.152 e. The first-order chi connectivity index (χ1) is 7.43. The van der Waals surface area contributed by atoms with Crippen molar-refractivity contribution in [3.63, 3.8) is 0 Å². The number of hydrogen-bond donors (Lipinski definition) is 1. The maximum absolute atomic E-state index is 11.9. The molecule has 1 fully saturated rings. The van der Waals surface area contributed by atoms with Crippen LogP contribution in [0.25, 0.3) is 0 Å². The average Bonchev–Trinajstić information content (AvgIpc) is 2.26. The highest BCUT2D eigenvalue weighted by atomic mass is 16.1. The first-order valence-corrected chi connectivity index (χ1v) is 6.24. The summed E-state index contributed by atoms with van der Waals surface area (Å²) in [6.07, 6.45) is 1.56. The van der Waals surface area contributed by atoms with E-state index in [9.17, 15) is 9.59 Å². The van der Waals surface area contributed by atoms with Gasteiger partial charge in [0.1, 0.15) is 5.78 Å². The van der Waals surface area contributed by atoms with Crippen LogP contribution in [0.2, 0.25) is 0 Å². The zero-order valence-corrected chi connectivity index (χ0v) is 10.7. The van der Waals surface area contributed by atoms with Crippen LogP contribution in [0.5, 0.6) is 0 Å². The minimum atomic E-state index is -0.110. The molecule has 0 saturated carbocycles. The molecule has 1 aliphatic rings. The lowest BCUT2D eigenvalue weighted by Crippen LogP contribution is -2.47. The highest BCUT2D eigenvalue weighted by Gasteiger charge is 2.32. The summed E-state index contributed by atoms with van der Waals surface area (Å²) in [4.78, 5) is 23.8. The number of carbonyl (C=O) groups excluding carboxylic acids is 2. The van der Waals surface area contributed by atoms with Crippen molar-refractivity contribution in [2.75, 3.05) is 6.54 Å². The second-order valence-corrected chi connectivity index (χ2v) is 5.34. The summed E-state index contributed by atoms with van der Waals surface area (Å²) in [6, 6.07) is -0.110. The van der Waals surface area contributed by atoms with Crippen molar-refractivity contribution in [2.45, 2.75) is 46.6 Å². The summed E-state index contributed by atoms with van der Waals surface area (Å²) in [6.45, 7) is 8.48.